The Bertz CT molecular complexity index is 448. The number of benzene rings is 1. The molecule has 2 rings (SSSR count). The summed E-state index contributed by atoms with van der Waals surface area (Å²) < 4.78 is 16.0. The molecule has 6 nitrogen and oxygen atoms in total. The van der Waals surface area contributed by atoms with Gasteiger partial charge in [0, 0.05) is 13.1 Å². The third-order valence-electron chi connectivity index (χ3n) is 2.61. The summed E-state index contributed by atoms with van der Waals surface area (Å²) in [6.45, 7) is 0.667. The van der Waals surface area contributed by atoms with Crippen molar-refractivity contribution >= 4 is 5.91 Å². The molecule has 1 aliphatic rings. The molecular weight excluding hydrogens is 236 g/mol. The standard InChI is InChI=1S/C12H16N2O4/c1-14-12(15)6-16-9-5-11-10(17-7-18-11)4-8(9)2-3-13/h4-5H,2-3,6-7,13H2,1H3,(H,14,15). The molecule has 0 radical (unpaired) electrons. The lowest BCUT2D eigenvalue weighted by Gasteiger charge is -2.11. The molecule has 0 unspecified atom stereocenters. The summed E-state index contributed by atoms with van der Waals surface area (Å²) in [6, 6.07) is 3.57. The first-order valence-electron chi connectivity index (χ1n) is 5.70. The van der Waals surface area contributed by atoms with Gasteiger partial charge in [0.05, 0.1) is 0 Å². The second-order valence-corrected chi connectivity index (χ2v) is 3.81. The van der Waals surface area contributed by atoms with Gasteiger partial charge in [0.1, 0.15) is 5.75 Å². The van der Waals surface area contributed by atoms with Crippen LogP contribution in [0.15, 0.2) is 12.1 Å². The molecule has 18 heavy (non-hydrogen) atoms. The van der Waals surface area contributed by atoms with Crippen molar-refractivity contribution in [3.8, 4) is 17.2 Å². The first-order valence-corrected chi connectivity index (χ1v) is 5.70. The SMILES string of the molecule is CNC(=O)COc1cc2c(cc1CCN)OCO2. The molecule has 1 amide bonds. The van der Waals surface area contributed by atoms with Crippen LogP contribution in [0.3, 0.4) is 0 Å². The van der Waals surface area contributed by atoms with Gasteiger partial charge < -0.3 is 25.3 Å². The molecule has 1 aromatic rings. The molecule has 3 N–H and O–H groups in total. The molecule has 6 heteroatoms. The maximum atomic E-state index is 11.2. The second kappa shape index (κ2) is 5.59. The maximum absolute atomic E-state index is 11.2. The fourth-order valence-electron chi connectivity index (χ4n) is 1.67. The van der Waals surface area contributed by atoms with Crippen LogP contribution in [-0.2, 0) is 11.2 Å². The summed E-state index contributed by atoms with van der Waals surface area (Å²) in [5, 5.41) is 2.49. The average molecular weight is 252 g/mol. The fraction of sp³-hybridized carbons (Fsp3) is 0.417. The molecular formula is C12H16N2O4. The van der Waals surface area contributed by atoms with Crippen LogP contribution in [0.2, 0.25) is 0 Å². The molecule has 1 heterocycles. The van der Waals surface area contributed by atoms with Gasteiger partial charge in [-0.1, -0.05) is 0 Å². The van der Waals surface area contributed by atoms with Crippen LogP contribution in [0.1, 0.15) is 5.56 Å². The van der Waals surface area contributed by atoms with Gasteiger partial charge in [-0.3, -0.25) is 4.79 Å². The topological polar surface area (TPSA) is 82.8 Å². The third kappa shape index (κ3) is 2.65. The van der Waals surface area contributed by atoms with Gasteiger partial charge in [-0.05, 0) is 24.6 Å². The molecule has 0 fully saturated rings. The van der Waals surface area contributed by atoms with Gasteiger partial charge in [-0.25, -0.2) is 0 Å². The van der Waals surface area contributed by atoms with Crippen LogP contribution in [0.25, 0.3) is 0 Å². The van der Waals surface area contributed by atoms with Crippen LogP contribution in [0, 0.1) is 0 Å². The van der Waals surface area contributed by atoms with E-state index < -0.39 is 0 Å². The molecule has 0 saturated carbocycles. The summed E-state index contributed by atoms with van der Waals surface area (Å²) >= 11 is 0. The van der Waals surface area contributed by atoms with E-state index in [2.05, 4.69) is 5.32 Å². The summed E-state index contributed by atoms with van der Waals surface area (Å²) in [7, 11) is 1.56. The van der Waals surface area contributed by atoms with Crippen molar-refractivity contribution < 1.29 is 19.0 Å². The monoisotopic (exact) mass is 252 g/mol. The van der Waals surface area contributed by atoms with Crippen LogP contribution in [0.5, 0.6) is 17.2 Å². The van der Waals surface area contributed by atoms with E-state index in [0.29, 0.717) is 30.2 Å². The number of amides is 1. The molecule has 0 saturated heterocycles. The van der Waals surface area contributed by atoms with Crippen LogP contribution in [-0.4, -0.2) is 32.9 Å². The van der Waals surface area contributed by atoms with Crippen LogP contribution < -0.4 is 25.3 Å². The first kappa shape index (κ1) is 12.5. The molecule has 1 aliphatic heterocycles. The molecule has 0 aliphatic carbocycles. The number of nitrogens with two attached hydrogens (primary N) is 1. The zero-order valence-electron chi connectivity index (χ0n) is 10.2. The highest BCUT2D eigenvalue weighted by atomic mass is 16.7. The Balaban J connectivity index is 2.18. The van der Waals surface area contributed by atoms with E-state index in [1.807, 2.05) is 6.07 Å². The summed E-state index contributed by atoms with van der Waals surface area (Å²) in [6.07, 6.45) is 0.652. The number of carbonyl (C=O) groups excluding carboxylic acids is 1. The average Bonchev–Trinajstić information content (AvgIpc) is 2.83. The lowest BCUT2D eigenvalue weighted by atomic mass is 10.1. The number of carbonyl (C=O) groups is 1. The molecule has 0 aromatic heterocycles. The van der Waals surface area contributed by atoms with E-state index in [9.17, 15) is 4.79 Å². The van der Waals surface area contributed by atoms with Gasteiger partial charge >= 0.3 is 0 Å². The maximum Gasteiger partial charge on any atom is 0.257 e. The Morgan fingerprint density at radius 2 is 2.17 bits per heavy atom. The number of rotatable bonds is 5. The summed E-state index contributed by atoms with van der Waals surface area (Å²) in [4.78, 5) is 11.2. The number of hydrogen-bond acceptors (Lipinski definition) is 5. The lowest BCUT2D eigenvalue weighted by molar-refractivity contribution is -0.122. The third-order valence-corrected chi connectivity index (χ3v) is 2.61. The smallest absolute Gasteiger partial charge is 0.257 e. The minimum atomic E-state index is -0.189. The zero-order chi connectivity index (χ0) is 13.0. The predicted octanol–water partition coefficient (Wildman–Crippen LogP) is 0.0413. The molecule has 0 spiro atoms. The van der Waals surface area contributed by atoms with E-state index in [4.69, 9.17) is 19.9 Å². The Morgan fingerprint density at radius 1 is 1.44 bits per heavy atom. The van der Waals surface area contributed by atoms with Crippen molar-refractivity contribution in [3.05, 3.63) is 17.7 Å². The largest absolute Gasteiger partial charge is 0.483 e. The predicted molar refractivity (Wildman–Crippen MR) is 64.9 cm³/mol. The van der Waals surface area contributed by atoms with E-state index in [-0.39, 0.29) is 19.3 Å². The van der Waals surface area contributed by atoms with E-state index in [1.54, 1.807) is 13.1 Å². The fourth-order valence-corrected chi connectivity index (χ4v) is 1.67. The Hall–Kier alpha value is -1.95. The summed E-state index contributed by atoms with van der Waals surface area (Å²) in [5.74, 6) is 1.73. The van der Waals surface area contributed by atoms with Crippen LogP contribution in [0.4, 0.5) is 0 Å². The van der Waals surface area contributed by atoms with Crippen molar-refractivity contribution in [2.24, 2.45) is 5.73 Å². The van der Waals surface area contributed by atoms with Gasteiger partial charge in [0.25, 0.3) is 5.91 Å². The number of hydrogen-bond donors (Lipinski definition) is 2. The van der Waals surface area contributed by atoms with E-state index in [0.717, 1.165) is 5.56 Å². The Kier molecular flexibility index (Phi) is 3.88. The van der Waals surface area contributed by atoms with Crippen molar-refractivity contribution in [1.82, 2.24) is 5.32 Å². The molecule has 1 aromatic carbocycles. The van der Waals surface area contributed by atoms with Gasteiger partial charge in [0.15, 0.2) is 18.1 Å². The van der Waals surface area contributed by atoms with Gasteiger partial charge in [-0.2, -0.15) is 0 Å². The van der Waals surface area contributed by atoms with Crippen molar-refractivity contribution in [3.63, 3.8) is 0 Å². The quantitative estimate of drug-likeness (QED) is 0.773. The van der Waals surface area contributed by atoms with Crippen molar-refractivity contribution in [2.45, 2.75) is 6.42 Å². The van der Waals surface area contributed by atoms with Crippen LogP contribution >= 0.6 is 0 Å². The van der Waals surface area contributed by atoms with Gasteiger partial charge in [0.2, 0.25) is 6.79 Å². The highest BCUT2D eigenvalue weighted by molar-refractivity contribution is 5.77. The summed E-state index contributed by atoms with van der Waals surface area (Å²) in [5.41, 5.74) is 6.46. The van der Waals surface area contributed by atoms with E-state index >= 15 is 0 Å². The highest BCUT2D eigenvalue weighted by Gasteiger charge is 2.18. The lowest BCUT2D eigenvalue weighted by Crippen LogP contribution is -2.25. The van der Waals surface area contributed by atoms with Crippen molar-refractivity contribution in [2.75, 3.05) is 27.0 Å². The Morgan fingerprint density at radius 3 is 2.83 bits per heavy atom. The minimum Gasteiger partial charge on any atom is -0.483 e. The highest BCUT2D eigenvalue weighted by Crippen LogP contribution is 2.38. The van der Waals surface area contributed by atoms with Gasteiger partial charge in [-0.15, -0.1) is 0 Å². The number of likely N-dealkylation sites (N-methyl/N-ethyl adjacent to an activating group) is 1. The number of fused-ring (bicyclic) bond motifs is 1. The van der Waals surface area contributed by atoms with E-state index in [1.165, 1.54) is 0 Å². The second-order valence-electron chi connectivity index (χ2n) is 3.81. The molecule has 0 atom stereocenters. The zero-order valence-corrected chi connectivity index (χ0v) is 10.2. The first-order chi connectivity index (χ1) is 8.74. The normalized spacial score (nSPS) is 12.3. The minimum absolute atomic E-state index is 0.0340. The molecule has 0 bridgehead atoms. The molecule has 98 valence electrons. The number of ether oxygens (including phenoxy) is 3. The Labute approximate surface area is 105 Å². The number of nitrogens with one attached hydrogen (secondary N) is 1. The van der Waals surface area contributed by atoms with Crippen molar-refractivity contribution in [1.29, 1.82) is 0 Å².